The first-order chi connectivity index (χ1) is 11.2. The second kappa shape index (κ2) is 6.19. The van der Waals surface area contributed by atoms with Gasteiger partial charge in [-0.1, -0.05) is 6.42 Å². The van der Waals surface area contributed by atoms with Gasteiger partial charge in [0.15, 0.2) is 0 Å². The summed E-state index contributed by atoms with van der Waals surface area (Å²) in [5, 5.41) is 0. The summed E-state index contributed by atoms with van der Waals surface area (Å²) in [5.74, 6) is 1.58. The van der Waals surface area contributed by atoms with E-state index in [1.165, 1.54) is 45.2 Å². The topological polar surface area (TPSA) is 49.3 Å². The van der Waals surface area contributed by atoms with Crippen molar-refractivity contribution < 1.29 is 4.79 Å². The molecule has 0 N–H and O–H groups in total. The summed E-state index contributed by atoms with van der Waals surface area (Å²) < 4.78 is 0. The van der Waals surface area contributed by atoms with Gasteiger partial charge in [-0.3, -0.25) is 14.7 Å². The molecule has 0 spiro atoms. The molecule has 0 aromatic carbocycles. The van der Waals surface area contributed by atoms with Crippen LogP contribution in [0.15, 0.2) is 12.4 Å². The zero-order chi connectivity index (χ0) is 15.8. The van der Waals surface area contributed by atoms with Crippen LogP contribution in [0.4, 0.5) is 0 Å². The molecule has 1 aliphatic carbocycles. The highest BCUT2D eigenvalue weighted by atomic mass is 16.2. The van der Waals surface area contributed by atoms with Crippen molar-refractivity contribution in [2.45, 2.75) is 45.1 Å². The van der Waals surface area contributed by atoms with E-state index in [4.69, 9.17) is 0 Å². The van der Waals surface area contributed by atoms with E-state index in [0.29, 0.717) is 17.7 Å². The lowest BCUT2D eigenvalue weighted by Gasteiger charge is -2.40. The van der Waals surface area contributed by atoms with Gasteiger partial charge in [0.05, 0.1) is 11.9 Å². The van der Waals surface area contributed by atoms with E-state index in [-0.39, 0.29) is 5.91 Å². The Labute approximate surface area is 138 Å². The van der Waals surface area contributed by atoms with Gasteiger partial charge in [0, 0.05) is 38.4 Å². The van der Waals surface area contributed by atoms with Crippen LogP contribution in [-0.4, -0.2) is 57.9 Å². The molecule has 2 bridgehead atoms. The zero-order valence-corrected chi connectivity index (χ0v) is 13.9. The summed E-state index contributed by atoms with van der Waals surface area (Å²) in [5.41, 5.74) is 1.34. The van der Waals surface area contributed by atoms with Crippen LogP contribution in [0.25, 0.3) is 0 Å². The average molecular weight is 314 g/mol. The van der Waals surface area contributed by atoms with Gasteiger partial charge >= 0.3 is 0 Å². The fourth-order valence-electron chi connectivity index (χ4n) is 4.24. The highest BCUT2D eigenvalue weighted by molar-refractivity contribution is 5.92. The maximum atomic E-state index is 12.8. The predicted octanol–water partition coefficient (Wildman–Crippen LogP) is 2.12. The van der Waals surface area contributed by atoms with Crippen molar-refractivity contribution in [1.29, 1.82) is 0 Å². The van der Waals surface area contributed by atoms with Gasteiger partial charge < -0.3 is 4.90 Å². The molecule has 1 aromatic rings. The smallest absolute Gasteiger partial charge is 0.274 e. The number of carbonyl (C=O) groups is 1. The maximum Gasteiger partial charge on any atom is 0.274 e. The molecule has 1 saturated carbocycles. The number of hydrogen-bond acceptors (Lipinski definition) is 4. The lowest BCUT2D eigenvalue weighted by Crippen LogP contribution is -2.47. The first kappa shape index (κ1) is 15.1. The lowest BCUT2D eigenvalue weighted by atomic mass is 9.83. The van der Waals surface area contributed by atoms with Gasteiger partial charge in [0.2, 0.25) is 0 Å². The molecule has 1 amide bonds. The number of hydrogen-bond donors (Lipinski definition) is 0. The summed E-state index contributed by atoms with van der Waals surface area (Å²) in [6, 6.07) is 0.539. The molecule has 23 heavy (non-hydrogen) atoms. The number of fused-ring (bicyclic) bond motifs is 4. The average Bonchev–Trinajstić information content (AvgIpc) is 2.82. The maximum absolute atomic E-state index is 12.8. The van der Waals surface area contributed by atoms with E-state index in [0.717, 1.165) is 24.7 Å². The summed E-state index contributed by atoms with van der Waals surface area (Å²) in [6.07, 6.45) is 10.0. The first-order valence-corrected chi connectivity index (χ1v) is 9.01. The Hall–Kier alpha value is -1.49. The molecule has 4 fully saturated rings. The lowest BCUT2D eigenvalue weighted by molar-refractivity contribution is 0.0711. The van der Waals surface area contributed by atoms with Gasteiger partial charge in [0.25, 0.3) is 5.91 Å². The highest BCUT2D eigenvalue weighted by Crippen LogP contribution is 2.33. The zero-order valence-electron chi connectivity index (χ0n) is 13.9. The molecule has 4 heterocycles. The molecular formula is C18H26N4O. The molecular weight excluding hydrogens is 288 g/mol. The Morgan fingerprint density at radius 3 is 2.70 bits per heavy atom. The molecule has 0 unspecified atom stereocenters. The van der Waals surface area contributed by atoms with Crippen LogP contribution < -0.4 is 0 Å². The van der Waals surface area contributed by atoms with Gasteiger partial charge in [0.1, 0.15) is 5.69 Å². The largest absolute Gasteiger partial charge is 0.335 e. The number of piperidine rings is 1. The monoisotopic (exact) mass is 314 g/mol. The number of amides is 1. The Balaban J connectivity index is 1.46. The third-order valence-corrected chi connectivity index (χ3v) is 5.83. The van der Waals surface area contributed by atoms with Gasteiger partial charge in [-0.25, -0.2) is 4.98 Å². The number of nitrogens with zero attached hydrogens (tertiary/aromatic N) is 4. The van der Waals surface area contributed by atoms with Gasteiger partial charge in [-0.15, -0.1) is 0 Å². The molecule has 1 aromatic heterocycles. The van der Waals surface area contributed by atoms with E-state index in [1.807, 2.05) is 11.8 Å². The van der Waals surface area contributed by atoms with Crippen molar-refractivity contribution in [3.05, 3.63) is 23.8 Å². The Kier molecular flexibility index (Phi) is 4.05. The minimum absolute atomic E-state index is 0.0555. The van der Waals surface area contributed by atoms with Crippen molar-refractivity contribution in [3.63, 3.8) is 0 Å². The van der Waals surface area contributed by atoms with Crippen LogP contribution in [0.1, 0.15) is 48.3 Å². The quantitative estimate of drug-likeness (QED) is 0.857. The van der Waals surface area contributed by atoms with E-state index in [9.17, 15) is 4.79 Å². The number of carbonyl (C=O) groups excluding carboxylic acids is 1. The molecule has 3 saturated heterocycles. The van der Waals surface area contributed by atoms with Crippen molar-refractivity contribution in [2.24, 2.45) is 11.8 Å². The number of aromatic nitrogens is 2. The van der Waals surface area contributed by atoms with E-state index in [2.05, 4.69) is 14.9 Å². The number of aryl methyl sites for hydroxylation is 1. The summed E-state index contributed by atoms with van der Waals surface area (Å²) >= 11 is 0. The van der Waals surface area contributed by atoms with Crippen LogP contribution in [0.3, 0.4) is 0 Å². The number of rotatable bonds is 3. The second-order valence-corrected chi connectivity index (χ2v) is 7.60. The Morgan fingerprint density at radius 1 is 1.13 bits per heavy atom. The molecule has 0 radical (unpaired) electrons. The van der Waals surface area contributed by atoms with Gasteiger partial charge in [-0.05, 0) is 44.4 Å². The van der Waals surface area contributed by atoms with Crippen molar-refractivity contribution in [2.75, 3.05) is 26.2 Å². The Morgan fingerprint density at radius 2 is 2.00 bits per heavy atom. The molecule has 5 heteroatoms. The van der Waals surface area contributed by atoms with E-state index in [1.54, 1.807) is 12.4 Å². The van der Waals surface area contributed by atoms with E-state index >= 15 is 0 Å². The molecule has 2 atom stereocenters. The van der Waals surface area contributed by atoms with Crippen LogP contribution >= 0.6 is 0 Å². The van der Waals surface area contributed by atoms with Crippen LogP contribution in [0.2, 0.25) is 0 Å². The van der Waals surface area contributed by atoms with Crippen molar-refractivity contribution in [3.8, 4) is 0 Å². The third kappa shape index (κ3) is 3.11. The minimum atomic E-state index is 0.0555. The molecule has 5 rings (SSSR count). The summed E-state index contributed by atoms with van der Waals surface area (Å²) in [7, 11) is 0. The molecule has 124 valence electrons. The van der Waals surface area contributed by atoms with Gasteiger partial charge in [-0.2, -0.15) is 0 Å². The standard InChI is InChI=1S/C18H26N4O/c1-13-7-20-17(8-19-13)18(23)22-11-15-5-6-16(12-22)21(10-15)9-14-3-2-4-14/h7-8,14-16H,2-6,9-12H2,1H3/t15-,16-/m0/s1. The molecule has 3 aliphatic heterocycles. The summed E-state index contributed by atoms with van der Waals surface area (Å²) in [4.78, 5) is 26.0. The SMILES string of the molecule is Cc1cnc(C(=O)N2C[C@H]3CC[C@@H](C2)N(CC2CCC2)C3)cn1. The van der Waals surface area contributed by atoms with Crippen molar-refractivity contribution in [1.82, 2.24) is 19.8 Å². The third-order valence-electron chi connectivity index (χ3n) is 5.83. The fourth-order valence-corrected chi connectivity index (χ4v) is 4.24. The van der Waals surface area contributed by atoms with Crippen LogP contribution in [0.5, 0.6) is 0 Å². The predicted molar refractivity (Wildman–Crippen MR) is 88.1 cm³/mol. The second-order valence-electron chi connectivity index (χ2n) is 7.60. The Bertz CT molecular complexity index is 569. The normalized spacial score (nSPS) is 28.5. The first-order valence-electron chi connectivity index (χ1n) is 9.01. The summed E-state index contributed by atoms with van der Waals surface area (Å²) in [6.45, 7) is 6.05. The molecule has 5 nitrogen and oxygen atoms in total. The highest BCUT2D eigenvalue weighted by Gasteiger charge is 2.38. The van der Waals surface area contributed by atoms with E-state index < -0.39 is 0 Å². The van der Waals surface area contributed by atoms with Crippen LogP contribution in [0, 0.1) is 18.8 Å². The van der Waals surface area contributed by atoms with Crippen LogP contribution in [-0.2, 0) is 0 Å². The van der Waals surface area contributed by atoms with Crippen molar-refractivity contribution >= 4 is 5.91 Å². The molecule has 4 aliphatic rings. The minimum Gasteiger partial charge on any atom is -0.335 e. The fraction of sp³-hybridized carbons (Fsp3) is 0.722.